The molecule has 0 spiro atoms. The van der Waals surface area contributed by atoms with Crippen LogP contribution in [0.5, 0.6) is 0 Å². The number of benzene rings is 1. The van der Waals surface area contributed by atoms with E-state index < -0.39 is 5.54 Å². The third-order valence-corrected chi connectivity index (χ3v) is 6.40. The van der Waals surface area contributed by atoms with Crippen molar-refractivity contribution in [3.05, 3.63) is 83.5 Å². The van der Waals surface area contributed by atoms with Crippen LogP contribution in [0.4, 0.5) is 4.39 Å². The molecule has 5 heterocycles. The Kier molecular flexibility index (Phi) is 5.19. The highest BCUT2D eigenvalue weighted by Crippen LogP contribution is 2.42. The highest BCUT2D eigenvalue weighted by molar-refractivity contribution is 5.85. The first-order valence-corrected chi connectivity index (χ1v) is 11.5. The van der Waals surface area contributed by atoms with Crippen LogP contribution in [-0.4, -0.2) is 43.3 Å². The zero-order chi connectivity index (χ0) is 24.0. The van der Waals surface area contributed by atoms with E-state index in [1.165, 1.54) is 12.3 Å². The molecule has 2 atom stereocenters. The van der Waals surface area contributed by atoms with Crippen LogP contribution in [-0.2, 0) is 16.7 Å². The van der Waals surface area contributed by atoms with Gasteiger partial charge in [-0.3, -0.25) is 10.3 Å². The first-order valence-electron chi connectivity index (χ1n) is 11.5. The number of aromatic amines is 2. The van der Waals surface area contributed by atoms with E-state index in [1.807, 2.05) is 19.1 Å². The van der Waals surface area contributed by atoms with E-state index in [-0.39, 0.29) is 18.5 Å². The van der Waals surface area contributed by atoms with E-state index in [1.54, 1.807) is 19.2 Å². The fourth-order valence-corrected chi connectivity index (χ4v) is 4.81. The highest BCUT2D eigenvalue weighted by Gasteiger charge is 2.49. The molecule has 0 bridgehead atoms. The minimum Gasteiger partial charge on any atom is -0.423 e. The molecule has 1 aliphatic heterocycles. The third-order valence-electron chi connectivity index (χ3n) is 6.40. The smallest absolute Gasteiger partial charge is 0.244 e. The van der Waals surface area contributed by atoms with Crippen LogP contribution in [0.25, 0.3) is 22.3 Å². The molecular formula is C25H24FN7O2. The molecular weight excluding hydrogens is 449 g/mol. The Morgan fingerprint density at radius 2 is 2.06 bits per heavy atom. The molecule has 35 heavy (non-hydrogen) atoms. The SMILES string of the molecule is CCOC[C@@]1(c2nnc(C)o2)N[C@@H](c2nc(-c3ccc(F)cn3)c[nH]2)Cc2c1[nH]c1ccccc21. The standard InChI is InChI=1S/C25H24FN7O2/c1-3-34-13-25(24-33-32-14(2)35-24)22-17(16-6-4-5-7-18(16)29-22)10-20(31-25)23-28-12-21(30-23)19-9-8-15(26)11-27-19/h4-9,11-12,20,29,31H,3,10,13H2,1-2H3,(H,28,30)/t20-,25-/m1/s1. The van der Waals surface area contributed by atoms with Gasteiger partial charge in [-0.2, -0.15) is 0 Å². The minimum absolute atomic E-state index is 0.219. The van der Waals surface area contributed by atoms with Crippen molar-refractivity contribution in [3.63, 3.8) is 0 Å². The van der Waals surface area contributed by atoms with E-state index in [0.29, 0.717) is 36.2 Å². The summed E-state index contributed by atoms with van der Waals surface area (Å²) in [5, 5.41) is 13.3. The van der Waals surface area contributed by atoms with Gasteiger partial charge in [0.2, 0.25) is 11.8 Å². The average molecular weight is 474 g/mol. The lowest BCUT2D eigenvalue weighted by atomic mass is 9.83. The second-order valence-electron chi connectivity index (χ2n) is 8.63. The second-order valence-corrected chi connectivity index (χ2v) is 8.63. The maximum absolute atomic E-state index is 13.4. The number of para-hydroxylation sites is 1. The first kappa shape index (κ1) is 21.6. The van der Waals surface area contributed by atoms with Crippen LogP contribution < -0.4 is 5.32 Å². The van der Waals surface area contributed by atoms with E-state index >= 15 is 0 Å². The van der Waals surface area contributed by atoms with Gasteiger partial charge in [0.05, 0.1) is 30.2 Å². The number of H-pyrrole nitrogens is 2. The van der Waals surface area contributed by atoms with Gasteiger partial charge in [0.15, 0.2) is 5.54 Å². The summed E-state index contributed by atoms with van der Waals surface area (Å²) in [5.41, 5.74) is 3.42. The van der Waals surface area contributed by atoms with Crippen LogP contribution in [0, 0.1) is 12.7 Å². The second kappa shape index (κ2) is 8.40. The van der Waals surface area contributed by atoms with Crippen molar-refractivity contribution in [1.82, 2.24) is 35.5 Å². The summed E-state index contributed by atoms with van der Waals surface area (Å²) in [6.45, 7) is 4.53. The Morgan fingerprint density at radius 1 is 1.17 bits per heavy atom. The minimum atomic E-state index is -0.907. The van der Waals surface area contributed by atoms with Crippen LogP contribution in [0.15, 0.2) is 53.2 Å². The Labute approximate surface area is 200 Å². The predicted octanol–water partition coefficient (Wildman–Crippen LogP) is 3.95. The van der Waals surface area contributed by atoms with Crippen LogP contribution in [0.3, 0.4) is 0 Å². The number of pyridine rings is 1. The summed E-state index contributed by atoms with van der Waals surface area (Å²) in [6.07, 6.45) is 3.64. The largest absolute Gasteiger partial charge is 0.423 e. The van der Waals surface area contributed by atoms with Crippen LogP contribution >= 0.6 is 0 Å². The van der Waals surface area contributed by atoms with Gasteiger partial charge >= 0.3 is 0 Å². The normalized spacial score (nSPS) is 19.8. The molecule has 0 fully saturated rings. The van der Waals surface area contributed by atoms with Crippen molar-refractivity contribution in [2.75, 3.05) is 13.2 Å². The maximum Gasteiger partial charge on any atom is 0.244 e. The lowest BCUT2D eigenvalue weighted by molar-refractivity contribution is 0.0657. The third kappa shape index (κ3) is 3.62. The molecule has 9 nitrogen and oxygen atoms in total. The molecule has 178 valence electrons. The lowest BCUT2D eigenvalue weighted by Gasteiger charge is -2.39. The molecule has 0 radical (unpaired) electrons. The Balaban J connectivity index is 1.49. The van der Waals surface area contributed by atoms with E-state index in [9.17, 15) is 4.39 Å². The number of nitrogens with one attached hydrogen (secondary N) is 3. The van der Waals surface area contributed by atoms with E-state index in [4.69, 9.17) is 14.1 Å². The maximum atomic E-state index is 13.4. The number of nitrogens with zero attached hydrogens (tertiary/aromatic N) is 4. The van der Waals surface area contributed by atoms with Gasteiger partial charge in [-0.1, -0.05) is 18.2 Å². The van der Waals surface area contributed by atoms with Crippen molar-refractivity contribution >= 4 is 10.9 Å². The van der Waals surface area contributed by atoms with Crippen molar-refractivity contribution < 1.29 is 13.5 Å². The van der Waals surface area contributed by atoms with Gasteiger partial charge in [-0.25, -0.2) is 9.37 Å². The summed E-state index contributed by atoms with van der Waals surface area (Å²) in [5.74, 6) is 1.23. The Bertz CT molecular complexity index is 1490. The van der Waals surface area contributed by atoms with Crippen LogP contribution in [0.2, 0.25) is 0 Å². The Morgan fingerprint density at radius 3 is 2.83 bits per heavy atom. The number of aromatic nitrogens is 6. The Hall–Kier alpha value is -3.89. The number of halogens is 1. The molecule has 4 aromatic heterocycles. The fourth-order valence-electron chi connectivity index (χ4n) is 4.81. The summed E-state index contributed by atoms with van der Waals surface area (Å²) in [6, 6.07) is 11.0. The number of aryl methyl sites for hydroxylation is 1. The molecule has 10 heteroatoms. The number of rotatable bonds is 6. The summed E-state index contributed by atoms with van der Waals surface area (Å²) < 4.78 is 25.3. The number of ether oxygens (including phenoxy) is 1. The quantitative estimate of drug-likeness (QED) is 0.342. The molecule has 0 aliphatic carbocycles. The highest BCUT2D eigenvalue weighted by atomic mass is 19.1. The first-order chi connectivity index (χ1) is 17.1. The van der Waals surface area contributed by atoms with E-state index in [0.717, 1.165) is 28.0 Å². The van der Waals surface area contributed by atoms with Gasteiger partial charge in [0.1, 0.15) is 17.3 Å². The summed E-state index contributed by atoms with van der Waals surface area (Å²) in [4.78, 5) is 15.8. The summed E-state index contributed by atoms with van der Waals surface area (Å²) in [7, 11) is 0. The number of fused-ring (bicyclic) bond motifs is 3. The van der Waals surface area contributed by atoms with E-state index in [2.05, 4.69) is 42.6 Å². The number of imidazole rings is 1. The topological polar surface area (TPSA) is 118 Å². The number of hydrogen-bond acceptors (Lipinski definition) is 7. The van der Waals surface area contributed by atoms with Gasteiger partial charge in [-0.05, 0) is 37.1 Å². The predicted molar refractivity (Wildman–Crippen MR) is 126 cm³/mol. The molecule has 0 amide bonds. The zero-order valence-corrected chi connectivity index (χ0v) is 19.3. The van der Waals surface area contributed by atoms with Gasteiger partial charge < -0.3 is 19.1 Å². The monoisotopic (exact) mass is 473 g/mol. The molecule has 1 aromatic carbocycles. The molecule has 5 aromatic rings. The van der Waals surface area contributed by atoms with Crippen molar-refractivity contribution in [3.8, 4) is 11.4 Å². The molecule has 0 saturated heterocycles. The average Bonchev–Trinajstić information content (AvgIpc) is 3.62. The lowest BCUT2D eigenvalue weighted by Crippen LogP contribution is -2.53. The molecule has 0 unspecified atom stereocenters. The van der Waals surface area contributed by atoms with Gasteiger partial charge in [0.25, 0.3) is 0 Å². The van der Waals surface area contributed by atoms with Crippen molar-refractivity contribution in [2.45, 2.75) is 31.8 Å². The zero-order valence-electron chi connectivity index (χ0n) is 19.3. The van der Waals surface area contributed by atoms with Gasteiger partial charge in [0, 0.05) is 30.6 Å². The van der Waals surface area contributed by atoms with Crippen molar-refractivity contribution in [1.29, 1.82) is 0 Å². The number of hydrogen-bond donors (Lipinski definition) is 3. The molecule has 6 rings (SSSR count). The molecule has 1 aliphatic rings. The molecule has 3 N–H and O–H groups in total. The molecule has 0 saturated carbocycles. The van der Waals surface area contributed by atoms with Crippen LogP contribution in [0.1, 0.15) is 41.8 Å². The fraction of sp³-hybridized carbons (Fsp3) is 0.280. The van der Waals surface area contributed by atoms with Gasteiger partial charge in [-0.15, -0.1) is 10.2 Å². The van der Waals surface area contributed by atoms with Crippen molar-refractivity contribution in [2.24, 2.45) is 0 Å². The summed E-state index contributed by atoms with van der Waals surface area (Å²) >= 11 is 0.